The Morgan fingerprint density at radius 2 is 1.89 bits per heavy atom. The van der Waals surface area contributed by atoms with E-state index in [1.165, 1.54) is 7.11 Å². The summed E-state index contributed by atoms with van der Waals surface area (Å²) in [6.45, 7) is -3.13. The van der Waals surface area contributed by atoms with Crippen LogP contribution in [0.15, 0.2) is 18.2 Å². The summed E-state index contributed by atoms with van der Waals surface area (Å²) in [5.41, 5.74) is -1.23. The summed E-state index contributed by atoms with van der Waals surface area (Å²) >= 11 is 0. The Morgan fingerprint density at radius 1 is 1.26 bits per heavy atom. The quantitative estimate of drug-likeness (QED) is 0.530. The van der Waals surface area contributed by atoms with Gasteiger partial charge in [0.05, 0.1) is 11.9 Å². The molecule has 0 heterocycles. The molecule has 0 bridgehead atoms. The van der Waals surface area contributed by atoms with Gasteiger partial charge in [-0.15, -0.1) is 0 Å². The van der Waals surface area contributed by atoms with Gasteiger partial charge in [0.1, 0.15) is 5.75 Å². The van der Waals surface area contributed by atoms with Crippen molar-refractivity contribution in [1.82, 2.24) is 0 Å². The number of rotatable bonds is 6. The van der Waals surface area contributed by atoms with Gasteiger partial charge < -0.3 is 22.4 Å². The summed E-state index contributed by atoms with van der Waals surface area (Å²) in [5, 5.41) is 0. The van der Waals surface area contributed by atoms with Gasteiger partial charge in [0.2, 0.25) is 0 Å². The predicted octanol–water partition coefficient (Wildman–Crippen LogP) is -0.312. The first-order valence-electron chi connectivity index (χ1n) is 5.49. The number of ether oxygens (including phenoxy) is 2. The standard InChI is InChI=1S/C11H14BF4O2.K/c1-8(5-6-17-2)18-9-3-4-10(11(13)7-9)12(14,15)16;/h3-4,7-8H,5-6H2,1-2H3;/q-1;+1. The summed E-state index contributed by atoms with van der Waals surface area (Å²) in [4.78, 5) is 0. The third-order valence-electron chi connectivity index (χ3n) is 2.39. The molecule has 2 nitrogen and oxygen atoms in total. The van der Waals surface area contributed by atoms with E-state index in [4.69, 9.17) is 9.47 Å². The average Bonchev–Trinajstić information content (AvgIpc) is 2.24. The second-order valence-electron chi connectivity index (χ2n) is 3.97. The number of hydrogen-bond acceptors (Lipinski definition) is 2. The average molecular weight is 304 g/mol. The molecule has 1 atom stereocenters. The molecule has 19 heavy (non-hydrogen) atoms. The van der Waals surface area contributed by atoms with Crippen LogP contribution in [-0.4, -0.2) is 26.8 Å². The van der Waals surface area contributed by atoms with E-state index in [0.717, 1.165) is 12.1 Å². The fourth-order valence-electron chi connectivity index (χ4n) is 1.42. The SMILES string of the molecule is COCCC(C)Oc1ccc([B-](F)(F)F)c(F)c1.[K+]. The molecule has 8 heteroatoms. The van der Waals surface area contributed by atoms with Crippen molar-refractivity contribution < 1.29 is 78.2 Å². The summed E-state index contributed by atoms with van der Waals surface area (Å²) in [6.07, 6.45) is 0.315. The second kappa shape index (κ2) is 8.64. The van der Waals surface area contributed by atoms with E-state index in [9.17, 15) is 17.3 Å². The van der Waals surface area contributed by atoms with Crippen LogP contribution in [0.5, 0.6) is 5.75 Å². The molecule has 1 rings (SSSR count). The monoisotopic (exact) mass is 304 g/mol. The van der Waals surface area contributed by atoms with Gasteiger partial charge >= 0.3 is 58.4 Å². The van der Waals surface area contributed by atoms with Gasteiger partial charge in [-0.3, -0.25) is 0 Å². The molecule has 1 unspecified atom stereocenters. The molecule has 0 radical (unpaired) electrons. The number of methoxy groups -OCH3 is 1. The maximum atomic E-state index is 13.2. The third kappa shape index (κ3) is 6.59. The van der Waals surface area contributed by atoms with Gasteiger partial charge in [-0.1, -0.05) is 11.5 Å². The van der Waals surface area contributed by atoms with Crippen LogP contribution in [0, 0.1) is 5.82 Å². The maximum absolute atomic E-state index is 13.2. The Labute approximate surface area is 152 Å². The van der Waals surface area contributed by atoms with Crippen molar-refractivity contribution in [3.8, 4) is 5.75 Å². The summed E-state index contributed by atoms with van der Waals surface area (Å²) in [6, 6.07) is 2.58. The van der Waals surface area contributed by atoms with Crippen LogP contribution in [-0.2, 0) is 4.74 Å². The van der Waals surface area contributed by atoms with Crippen molar-refractivity contribution in [2.75, 3.05) is 13.7 Å². The van der Waals surface area contributed by atoms with Gasteiger partial charge in [0.25, 0.3) is 0 Å². The Hall–Kier alpha value is 0.401. The van der Waals surface area contributed by atoms with Gasteiger partial charge in [-0.2, -0.15) is 0 Å². The largest absolute Gasteiger partial charge is 1.00 e. The molecule has 0 fully saturated rings. The van der Waals surface area contributed by atoms with E-state index < -0.39 is 18.3 Å². The van der Waals surface area contributed by atoms with E-state index in [-0.39, 0.29) is 63.2 Å². The molecule has 1 aromatic rings. The van der Waals surface area contributed by atoms with Crippen LogP contribution in [0.3, 0.4) is 0 Å². The topological polar surface area (TPSA) is 18.5 Å². The Balaban J connectivity index is 0.00000324. The molecule has 0 aliphatic heterocycles. The minimum atomic E-state index is -5.33. The first-order valence-corrected chi connectivity index (χ1v) is 5.49. The Morgan fingerprint density at radius 3 is 2.37 bits per heavy atom. The molecule has 0 spiro atoms. The molecule has 1 aromatic carbocycles. The van der Waals surface area contributed by atoms with Gasteiger partial charge in [-0.05, 0) is 13.0 Å². The summed E-state index contributed by atoms with van der Waals surface area (Å²) in [5.74, 6) is -1.22. The van der Waals surface area contributed by atoms with E-state index in [1.807, 2.05) is 0 Å². The predicted molar refractivity (Wildman–Crippen MR) is 61.7 cm³/mol. The summed E-state index contributed by atoms with van der Waals surface area (Å²) < 4.78 is 60.5. The zero-order valence-electron chi connectivity index (χ0n) is 11.1. The molecule has 0 N–H and O–H groups in total. The van der Waals surface area contributed by atoms with Crippen molar-refractivity contribution in [3.05, 3.63) is 24.0 Å². The zero-order valence-corrected chi connectivity index (χ0v) is 14.3. The minimum Gasteiger partial charge on any atom is -0.491 e. The van der Waals surface area contributed by atoms with Gasteiger partial charge in [-0.25, -0.2) is 4.39 Å². The van der Waals surface area contributed by atoms with E-state index in [1.54, 1.807) is 6.92 Å². The van der Waals surface area contributed by atoms with E-state index in [0.29, 0.717) is 19.1 Å². The van der Waals surface area contributed by atoms with Crippen LogP contribution >= 0.6 is 0 Å². The van der Waals surface area contributed by atoms with Crippen LogP contribution in [0.1, 0.15) is 13.3 Å². The Kier molecular flexibility index (Phi) is 8.82. The molecule has 0 aromatic heterocycles. The second-order valence-corrected chi connectivity index (χ2v) is 3.97. The minimum absolute atomic E-state index is 0. The first kappa shape index (κ1) is 19.4. The molecular weight excluding hydrogens is 290 g/mol. The fraction of sp³-hybridized carbons (Fsp3) is 0.455. The first-order chi connectivity index (χ1) is 8.34. The van der Waals surface area contributed by atoms with Crippen molar-refractivity contribution in [1.29, 1.82) is 0 Å². The fourth-order valence-corrected chi connectivity index (χ4v) is 1.42. The number of hydrogen-bond donors (Lipinski definition) is 0. The van der Waals surface area contributed by atoms with Gasteiger partial charge in [0, 0.05) is 26.2 Å². The van der Waals surface area contributed by atoms with Crippen molar-refractivity contribution in [2.24, 2.45) is 0 Å². The summed E-state index contributed by atoms with van der Waals surface area (Å²) in [7, 11) is 1.53. The molecule has 0 saturated carbocycles. The van der Waals surface area contributed by atoms with Crippen molar-refractivity contribution >= 4 is 12.4 Å². The van der Waals surface area contributed by atoms with Gasteiger partial charge in [0.15, 0.2) is 0 Å². The molecule has 0 aliphatic carbocycles. The molecular formula is C11H14BF4KO2. The van der Waals surface area contributed by atoms with E-state index in [2.05, 4.69) is 0 Å². The zero-order chi connectivity index (χ0) is 13.8. The number of benzene rings is 1. The smallest absolute Gasteiger partial charge is 0.491 e. The van der Waals surface area contributed by atoms with Crippen molar-refractivity contribution in [3.63, 3.8) is 0 Å². The maximum Gasteiger partial charge on any atom is 1.00 e. The third-order valence-corrected chi connectivity index (χ3v) is 2.39. The normalized spacial score (nSPS) is 12.7. The van der Waals surface area contributed by atoms with Crippen LogP contribution < -0.4 is 61.6 Å². The van der Waals surface area contributed by atoms with Crippen LogP contribution in [0.4, 0.5) is 17.3 Å². The Bertz CT molecular complexity index is 401. The van der Waals surface area contributed by atoms with Crippen molar-refractivity contribution in [2.45, 2.75) is 19.4 Å². The molecule has 0 saturated heterocycles. The molecule has 102 valence electrons. The molecule has 0 amide bonds. The molecule has 0 aliphatic rings. The van der Waals surface area contributed by atoms with Crippen LogP contribution in [0.25, 0.3) is 0 Å². The van der Waals surface area contributed by atoms with Crippen LogP contribution in [0.2, 0.25) is 0 Å². The van der Waals surface area contributed by atoms with E-state index >= 15 is 0 Å². The number of halogens is 4.